The first kappa shape index (κ1) is 15.9. The first-order valence-electron chi connectivity index (χ1n) is 6.77. The molecular formula is C16H20N2O2. The third kappa shape index (κ3) is 5.25. The van der Waals surface area contributed by atoms with Gasteiger partial charge in [-0.25, -0.2) is 4.79 Å². The molecule has 0 amide bonds. The van der Waals surface area contributed by atoms with E-state index in [1.807, 2.05) is 6.07 Å². The zero-order valence-electron chi connectivity index (χ0n) is 12.0. The van der Waals surface area contributed by atoms with Crippen molar-refractivity contribution >= 4 is 12.0 Å². The van der Waals surface area contributed by atoms with Gasteiger partial charge in [-0.2, -0.15) is 5.26 Å². The summed E-state index contributed by atoms with van der Waals surface area (Å²) in [5, 5.41) is 8.93. The molecule has 0 N–H and O–H groups in total. The van der Waals surface area contributed by atoms with E-state index in [1.54, 1.807) is 24.3 Å². The van der Waals surface area contributed by atoms with E-state index in [0.29, 0.717) is 12.2 Å². The molecule has 0 fully saturated rings. The van der Waals surface area contributed by atoms with Crippen LogP contribution in [0.5, 0.6) is 0 Å². The molecule has 0 heterocycles. The van der Waals surface area contributed by atoms with Crippen LogP contribution in [0.1, 0.15) is 25.0 Å². The second kappa shape index (κ2) is 8.89. The summed E-state index contributed by atoms with van der Waals surface area (Å²) >= 11 is 0. The highest BCUT2D eigenvalue weighted by Gasteiger charge is 2.02. The molecule has 0 atom stereocenters. The number of esters is 1. The van der Waals surface area contributed by atoms with Crippen molar-refractivity contribution in [2.24, 2.45) is 0 Å². The van der Waals surface area contributed by atoms with Crippen molar-refractivity contribution in [3.8, 4) is 6.07 Å². The standard InChI is InChI=1S/C16H20N2O2/c1-3-18(4-2)11-12-20-16(19)10-9-14-7-5-6-8-15(14)13-17/h5-10H,3-4,11-12H2,1-2H3/b10-9+. The second-order valence-electron chi connectivity index (χ2n) is 4.23. The average molecular weight is 272 g/mol. The van der Waals surface area contributed by atoms with Gasteiger partial charge in [0.2, 0.25) is 0 Å². The van der Waals surface area contributed by atoms with Gasteiger partial charge in [0.15, 0.2) is 0 Å². The molecule has 0 aromatic heterocycles. The Balaban J connectivity index is 2.46. The molecule has 0 saturated carbocycles. The van der Waals surface area contributed by atoms with E-state index in [2.05, 4.69) is 24.8 Å². The maximum atomic E-state index is 11.6. The number of rotatable bonds is 7. The van der Waals surface area contributed by atoms with Gasteiger partial charge in [0.25, 0.3) is 0 Å². The zero-order valence-corrected chi connectivity index (χ0v) is 12.0. The van der Waals surface area contributed by atoms with E-state index in [0.717, 1.165) is 25.2 Å². The first-order valence-corrected chi connectivity index (χ1v) is 6.77. The van der Waals surface area contributed by atoms with Gasteiger partial charge in [-0.05, 0) is 30.8 Å². The molecule has 4 nitrogen and oxygen atoms in total. The Bertz CT molecular complexity index is 499. The summed E-state index contributed by atoms with van der Waals surface area (Å²) in [4.78, 5) is 13.7. The van der Waals surface area contributed by atoms with Gasteiger partial charge in [-0.1, -0.05) is 32.0 Å². The van der Waals surface area contributed by atoms with E-state index in [-0.39, 0.29) is 5.97 Å². The Labute approximate surface area is 120 Å². The molecule has 106 valence electrons. The number of carbonyl (C=O) groups is 1. The van der Waals surface area contributed by atoms with Crippen LogP contribution in [0.3, 0.4) is 0 Å². The maximum absolute atomic E-state index is 11.6. The van der Waals surface area contributed by atoms with Crippen molar-refractivity contribution in [3.63, 3.8) is 0 Å². The molecule has 0 saturated heterocycles. The van der Waals surface area contributed by atoms with Gasteiger partial charge in [-0.15, -0.1) is 0 Å². The first-order chi connectivity index (χ1) is 9.71. The minimum absolute atomic E-state index is 0.380. The van der Waals surface area contributed by atoms with Crippen molar-refractivity contribution in [2.75, 3.05) is 26.2 Å². The predicted molar refractivity (Wildman–Crippen MR) is 78.9 cm³/mol. The predicted octanol–water partition coefficient (Wildman–Crippen LogP) is 2.46. The third-order valence-corrected chi connectivity index (χ3v) is 3.03. The fourth-order valence-electron chi connectivity index (χ4n) is 1.77. The van der Waals surface area contributed by atoms with Gasteiger partial charge in [0, 0.05) is 12.6 Å². The zero-order chi connectivity index (χ0) is 14.8. The summed E-state index contributed by atoms with van der Waals surface area (Å²) in [6.45, 7) is 7.15. The molecule has 4 heteroatoms. The third-order valence-electron chi connectivity index (χ3n) is 3.03. The highest BCUT2D eigenvalue weighted by Crippen LogP contribution is 2.09. The lowest BCUT2D eigenvalue weighted by Crippen LogP contribution is -2.27. The number of hydrogen-bond acceptors (Lipinski definition) is 4. The number of hydrogen-bond donors (Lipinski definition) is 0. The Morgan fingerprint density at radius 1 is 1.35 bits per heavy atom. The monoisotopic (exact) mass is 272 g/mol. The average Bonchev–Trinajstić information content (AvgIpc) is 2.49. The van der Waals surface area contributed by atoms with Crippen LogP contribution >= 0.6 is 0 Å². The largest absolute Gasteiger partial charge is 0.461 e. The lowest BCUT2D eigenvalue weighted by atomic mass is 10.1. The summed E-state index contributed by atoms with van der Waals surface area (Å²) in [7, 11) is 0. The summed E-state index contributed by atoms with van der Waals surface area (Å²) < 4.78 is 5.12. The normalized spacial score (nSPS) is 10.7. The topological polar surface area (TPSA) is 53.3 Å². The van der Waals surface area contributed by atoms with Crippen molar-refractivity contribution in [1.29, 1.82) is 5.26 Å². The lowest BCUT2D eigenvalue weighted by molar-refractivity contribution is -0.138. The minimum atomic E-state index is -0.384. The van der Waals surface area contributed by atoms with E-state index in [9.17, 15) is 4.79 Å². The van der Waals surface area contributed by atoms with Gasteiger partial charge >= 0.3 is 5.97 Å². The summed E-state index contributed by atoms with van der Waals surface area (Å²) in [5.41, 5.74) is 1.26. The summed E-state index contributed by atoms with van der Waals surface area (Å²) in [5.74, 6) is -0.384. The van der Waals surface area contributed by atoms with E-state index in [1.165, 1.54) is 6.08 Å². The fourth-order valence-corrected chi connectivity index (χ4v) is 1.77. The number of nitrogens with zero attached hydrogens (tertiary/aromatic N) is 2. The number of benzene rings is 1. The number of ether oxygens (including phenoxy) is 1. The Morgan fingerprint density at radius 2 is 2.05 bits per heavy atom. The van der Waals surface area contributed by atoms with Crippen LogP contribution in [0.25, 0.3) is 6.08 Å². The van der Waals surface area contributed by atoms with Gasteiger partial charge in [0.05, 0.1) is 11.6 Å². The molecule has 20 heavy (non-hydrogen) atoms. The minimum Gasteiger partial charge on any atom is -0.461 e. The van der Waals surface area contributed by atoms with Crippen molar-refractivity contribution in [3.05, 3.63) is 41.5 Å². The number of carbonyl (C=O) groups excluding carboxylic acids is 1. The van der Waals surface area contributed by atoms with Crippen LogP contribution in [0.2, 0.25) is 0 Å². The van der Waals surface area contributed by atoms with Crippen molar-refractivity contribution < 1.29 is 9.53 Å². The molecule has 1 aromatic carbocycles. The highest BCUT2D eigenvalue weighted by molar-refractivity contribution is 5.87. The second-order valence-corrected chi connectivity index (χ2v) is 4.23. The quantitative estimate of drug-likeness (QED) is 0.565. The SMILES string of the molecule is CCN(CC)CCOC(=O)/C=C/c1ccccc1C#N. The Hall–Kier alpha value is -2.12. The lowest BCUT2D eigenvalue weighted by Gasteiger charge is -2.16. The smallest absolute Gasteiger partial charge is 0.330 e. The highest BCUT2D eigenvalue weighted by atomic mass is 16.5. The number of nitriles is 1. The fraction of sp³-hybridized carbons (Fsp3) is 0.375. The van der Waals surface area contributed by atoms with Crippen LogP contribution in [0.4, 0.5) is 0 Å². The maximum Gasteiger partial charge on any atom is 0.330 e. The Kier molecular flexibility index (Phi) is 7.08. The molecule has 0 aliphatic rings. The van der Waals surface area contributed by atoms with E-state index >= 15 is 0 Å². The molecular weight excluding hydrogens is 252 g/mol. The number of likely N-dealkylation sites (N-methyl/N-ethyl adjacent to an activating group) is 1. The van der Waals surface area contributed by atoms with Crippen LogP contribution < -0.4 is 0 Å². The van der Waals surface area contributed by atoms with Crippen molar-refractivity contribution in [1.82, 2.24) is 4.90 Å². The van der Waals surface area contributed by atoms with Crippen LogP contribution in [0.15, 0.2) is 30.3 Å². The van der Waals surface area contributed by atoms with Gasteiger partial charge < -0.3 is 9.64 Å². The van der Waals surface area contributed by atoms with Crippen molar-refractivity contribution in [2.45, 2.75) is 13.8 Å². The van der Waals surface area contributed by atoms with E-state index < -0.39 is 0 Å². The molecule has 1 aromatic rings. The summed E-state index contributed by atoms with van der Waals surface area (Å²) in [6.07, 6.45) is 2.97. The molecule has 0 spiro atoms. The Morgan fingerprint density at radius 3 is 2.70 bits per heavy atom. The van der Waals surface area contributed by atoms with Crippen LogP contribution in [0, 0.1) is 11.3 Å². The van der Waals surface area contributed by atoms with Gasteiger partial charge in [-0.3, -0.25) is 0 Å². The summed E-state index contributed by atoms with van der Waals surface area (Å²) in [6, 6.07) is 9.20. The molecule has 0 unspecified atom stereocenters. The molecule has 1 rings (SSSR count). The molecule has 0 aliphatic heterocycles. The molecule has 0 aliphatic carbocycles. The van der Waals surface area contributed by atoms with E-state index in [4.69, 9.17) is 10.00 Å². The van der Waals surface area contributed by atoms with Crippen LogP contribution in [-0.2, 0) is 9.53 Å². The molecule has 0 bridgehead atoms. The van der Waals surface area contributed by atoms with Crippen LogP contribution in [-0.4, -0.2) is 37.1 Å². The molecule has 0 radical (unpaired) electrons. The van der Waals surface area contributed by atoms with Gasteiger partial charge in [0.1, 0.15) is 6.61 Å².